The number of nitro benzene ring substituents is 1. The lowest BCUT2D eigenvalue weighted by Crippen LogP contribution is -2.24. The van der Waals surface area contributed by atoms with E-state index in [1.54, 1.807) is 6.08 Å². The van der Waals surface area contributed by atoms with E-state index in [1.807, 2.05) is 35.8 Å². The highest BCUT2D eigenvalue weighted by atomic mass is 32.2. The summed E-state index contributed by atoms with van der Waals surface area (Å²) in [6, 6.07) is 13.6. The van der Waals surface area contributed by atoms with Crippen molar-refractivity contribution in [2.75, 3.05) is 5.32 Å². The maximum absolute atomic E-state index is 12.8. The molecule has 2 heterocycles. The van der Waals surface area contributed by atoms with E-state index >= 15 is 0 Å². The fraction of sp³-hybridized carbons (Fsp3) is 0.182. The predicted octanol–water partition coefficient (Wildman–Crippen LogP) is 4.58. The molecule has 0 spiro atoms. The number of non-ortho nitro benzene ring substituents is 1. The van der Waals surface area contributed by atoms with Crippen molar-refractivity contribution in [2.45, 2.75) is 30.3 Å². The standard InChI is InChI=1S/C22H20N6O3S/c1-3-13-27-17-8-6-5-7-16(17)19-20(27)24-22(26-25-19)32-18(4-2)21(29)23-14-9-11-15(12-10-14)28(30)31/h3,5-12,18H,1,4,13H2,2H3,(H,23,29)/t18-/m0/s1. The fourth-order valence-electron chi connectivity index (χ4n) is 3.39. The molecule has 4 aromatic rings. The number of amides is 1. The van der Waals surface area contributed by atoms with Crippen LogP contribution in [0, 0.1) is 10.1 Å². The molecule has 0 fully saturated rings. The number of carbonyl (C=O) groups excluding carboxylic acids is 1. The summed E-state index contributed by atoms with van der Waals surface area (Å²) in [5.41, 5.74) is 2.84. The summed E-state index contributed by atoms with van der Waals surface area (Å²) in [6.45, 7) is 6.30. The molecule has 1 atom stereocenters. The smallest absolute Gasteiger partial charge is 0.269 e. The van der Waals surface area contributed by atoms with Crippen molar-refractivity contribution in [1.29, 1.82) is 0 Å². The van der Waals surface area contributed by atoms with Gasteiger partial charge < -0.3 is 9.88 Å². The number of thioether (sulfide) groups is 1. The van der Waals surface area contributed by atoms with Crippen molar-refractivity contribution < 1.29 is 9.72 Å². The van der Waals surface area contributed by atoms with Crippen molar-refractivity contribution >= 4 is 51.1 Å². The van der Waals surface area contributed by atoms with Crippen LogP contribution >= 0.6 is 11.8 Å². The van der Waals surface area contributed by atoms with Crippen LogP contribution in [0.1, 0.15) is 13.3 Å². The van der Waals surface area contributed by atoms with Gasteiger partial charge in [-0.25, -0.2) is 4.98 Å². The molecule has 0 aliphatic rings. The van der Waals surface area contributed by atoms with E-state index in [9.17, 15) is 14.9 Å². The lowest BCUT2D eigenvalue weighted by Gasteiger charge is -2.13. The molecule has 0 saturated carbocycles. The predicted molar refractivity (Wildman–Crippen MR) is 125 cm³/mol. The Morgan fingerprint density at radius 3 is 2.69 bits per heavy atom. The SMILES string of the molecule is C=CCn1c2ccccc2c2nnc(S[C@@H](CC)C(=O)Nc3ccc([N+](=O)[O-])cc3)nc21. The highest BCUT2D eigenvalue weighted by molar-refractivity contribution is 8.00. The fourth-order valence-corrected chi connectivity index (χ4v) is 4.21. The molecule has 9 nitrogen and oxygen atoms in total. The van der Waals surface area contributed by atoms with Gasteiger partial charge in [0.25, 0.3) is 5.69 Å². The molecule has 0 aliphatic carbocycles. The van der Waals surface area contributed by atoms with Crippen LogP contribution in [0.5, 0.6) is 0 Å². The molecule has 4 rings (SSSR count). The lowest BCUT2D eigenvalue weighted by molar-refractivity contribution is -0.384. The number of para-hydroxylation sites is 1. The number of nitrogens with one attached hydrogen (secondary N) is 1. The highest BCUT2D eigenvalue weighted by Crippen LogP contribution is 2.29. The van der Waals surface area contributed by atoms with Gasteiger partial charge in [0.05, 0.1) is 15.7 Å². The van der Waals surface area contributed by atoms with E-state index in [1.165, 1.54) is 36.0 Å². The van der Waals surface area contributed by atoms with E-state index in [4.69, 9.17) is 0 Å². The number of anilines is 1. The Morgan fingerprint density at radius 1 is 1.25 bits per heavy atom. The van der Waals surface area contributed by atoms with Crippen LogP contribution in [0.4, 0.5) is 11.4 Å². The van der Waals surface area contributed by atoms with Gasteiger partial charge >= 0.3 is 0 Å². The van der Waals surface area contributed by atoms with Gasteiger partial charge in [0.15, 0.2) is 5.65 Å². The quantitative estimate of drug-likeness (QED) is 0.181. The minimum absolute atomic E-state index is 0.0351. The molecule has 0 bridgehead atoms. The third-order valence-electron chi connectivity index (χ3n) is 4.92. The van der Waals surface area contributed by atoms with Gasteiger partial charge in [0, 0.05) is 29.8 Å². The van der Waals surface area contributed by atoms with Crippen LogP contribution in [0.25, 0.3) is 22.1 Å². The van der Waals surface area contributed by atoms with Gasteiger partial charge in [0.2, 0.25) is 11.1 Å². The molecule has 1 N–H and O–H groups in total. The maximum Gasteiger partial charge on any atom is 0.269 e. The number of allylic oxidation sites excluding steroid dienone is 1. The summed E-state index contributed by atoms with van der Waals surface area (Å²) in [4.78, 5) is 27.8. The number of aromatic nitrogens is 4. The average Bonchev–Trinajstić information content (AvgIpc) is 3.11. The Kier molecular flexibility index (Phi) is 6.13. The molecule has 0 aliphatic heterocycles. The summed E-state index contributed by atoms with van der Waals surface area (Å²) in [5, 5.41) is 23.1. The van der Waals surface area contributed by atoms with Crippen molar-refractivity contribution in [3.05, 3.63) is 71.3 Å². The Labute approximate surface area is 187 Å². The first-order valence-corrected chi connectivity index (χ1v) is 10.8. The number of benzene rings is 2. The average molecular weight is 449 g/mol. The van der Waals surface area contributed by atoms with E-state index in [-0.39, 0.29) is 11.6 Å². The van der Waals surface area contributed by atoms with Crippen molar-refractivity contribution in [3.8, 4) is 0 Å². The second-order valence-corrected chi connectivity index (χ2v) is 8.16. The third kappa shape index (κ3) is 4.17. The molecule has 2 aromatic carbocycles. The molecule has 0 radical (unpaired) electrons. The molecule has 32 heavy (non-hydrogen) atoms. The summed E-state index contributed by atoms with van der Waals surface area (Å²) >= 11 is 1.23. The Hall–Kier alpha value is -3.79. The summed E-state index contributed by atoms with van der Waals surface area (Å²) < 4.78 is 2.02. The first kappa shape index (κ1) is 21.4. The van der Waals surface area contributed by atoms with Crippen molar-refractivity contribution in [2.24, 2.45) is 0 Å². The van der Waals surface area contributed by atoms with Gasteiger partial charge in [-0.3, -0.25) is 14.9 Å². The van der Waals surface area contributed by atoms with E-state index in [2.05, 4.69) is 27.1 Å². The molecular formula is C22H20N6O3S. The number of nitrogens with zero attached hydrogens (tertiary/aromatic N) is 5. The number of nitro groups is 1. The van der Waals surface area contributed by atoms with Gasteiger partial charge in [-0.1, -0.05) is 43.0 Å². The third-order valence-corrected chi connectivity index (χ3v) is 6.14. The number of hydrogen-bond donors (Lipinski definition) is 1. The normalized spacial score (nSPS) is 12.0. The van der Waals surface area contributed by atoms with Gasteiger partial charge in [-0.05, 0) is 24.6 Å². The first-order valence-electron chi connectivity index (χ1n) is 9.96. The Balaban J connectivity index is 1.58. The summed E-state index contributed by atoms with van der Waals surface area (Å²) in [6.07, 6.45) is 2.34. The molecule has 0 unspecified atom stereocenters. The van der Waals surface area contributed by atoms with E-state index in [0.717, 1.165) is 10.9 Å². The number of hydrogen-bond acceptors (Lipinski definition) is 7. The zero-order chi connectivity index (χ0) is 22.7. The van der Waals surface area contributed by atoms with Crippen LogP contribution in [0.3, 0.4) is 0 Å². The first-order chi connectivity index (χ1) is 15.5. The van der Waals surface area contributed by atoms with E-state index in [0.29, 0.717) is 35.0 Å². The Bertz CT molecular complexity index is 1320. The number of fused-ring (bicyclic) bond motifs is 3. The van der Waals surface area contributed by atoms with Crippen LogP contribution in [0.2, 0.25) is 0 Å². The molecule has 0 saturated heterocycles. The minimum atomic E-state index is -0.484. The Morgan fingerprint density at radius 2 is 2.00 bits per heavy atom. The van der Waals surface area contributed by atoms with Crippen molar-refractivity contribution in [3.63, 3.8) is 0 Å². The molecule has 10 heteroatoms. The molecule has 2 aromatic heterocycles. The highest BCUT2D eigenvalue weighted by Gasteiger charge is 2.22. The van der Waals surface area contributed by atoms with Crippen LogP contribution < -0.4 is 5.32 Å². The zero-order valence-corrected chi connectivity index (χ0v) is 18.1. The second-order valence-electron chi connectivity index (χ2n) is 6.99. The molecular weight excluding hydrogens is 428 g/mol. The van der Waals surface area contributed by atoms with Gasteiger partial charge in [-0.15, -0.1) is 16.8 Å². The molecule has 1 amide bonds. The number of rotatable bonds is 8. The zero-order valence-electron chi connectivity index (χ0n) is 17.3. The second kappa shape index (κ2) is 9.15. The largest absolute Gasteiger partial charge is 0.325 e. The minimum Gasteiger partial charge on any atom is -0.325 e. The van der Waals surface area contributed by atoms with Gasteiger partial charge in [0.1, 0.15) is 5.52 Å². The van der Waals surface area contributed by atoms with Crippen LogP contribution in [-0.4, -0.2) is 35.8 Å². The summed E-state index contributed by atoms with van der Waals surface area (Å²) in [7, 11) is 0. The number of carbonyl (C=O) groups is 1. The molecule has 162 valence electrons. The maximum atomic E-state index is 12.8. The van der Waals surface area contributed by atoms with Gasteiger partial charge in [-0.2, -0.15) is 0 Å². The topological polar surface area (TPSA) is 116 Å². The summed E-state index contributed by atoms with van der Waals surface area (Å²) in [5.74, 6) is -0.235. The van der Waals surface area contributed by atoms with Crippen LogP contribution in [-0.2, 0) is 11.3 Å². The van der Waals surface area contributed by atoms with Crippen molar-refractivity contribution in [1.82, 2.24) is 19.7 Å². The van der Waals surface area contributed by atoms with Crippen LogP contribution in [0.15, 0.2) is 66.3 Å². The van der Waals surface area contributed by atoms with E-state index < -0.39 is 10.2 Å². The lowest BCUT2D eigenvalue weighted by atomic mass is 10.2. The monoisotopic (exact) mass is 448 g/mol.